The van der Waals surface area contributed by atoms with E-state index in [9.17, 15) is 18.3 Å². The molecule has 2 nitrogen and oxygen atoms in total. The second kappa shape index (κ2) is 5.93. The second-order valence-corrected chi connectivity index (χ2v) is 5.84. The Morgan fingerprint density at radius 2 is 1.77 bits per heavy atom. The minimum Gasteiger partial charge on any atom is -0.496 e. The third kappa shape index (κ3) is 2.85. The van der Waals surface area contributed by atoms with Crippen LogP contribution in [0.25, 0.3) is 0 Å². The first-order valence-corrected chi connectivity index (χ1v) is 7.19. The summed E-state index contributed by atoms with van der Waals surface area (Å²) in [7, 11) is 1.27. The van der Waals surface area contributed by atoms with E-state index in [0.717, 1.165) is 0 Å². The molecule has 0 bridgehead atoms. The molecular formula is C16H14BrF3O2. The topological polar surface area (TPSA) is 29.5 Å². The predicted octanol–water partition coefficient (Wildman–Crippen LogP) is 4.56. The molecule has 0 amide bonds. The monoisotopic (exact) mass is 374 g/mol. The van der Waals surface area contributed by atoms with Crippen molar-refractivity contribution in [2.24, 2.45) is 0 Å². The zero-order chi connectivity index (χ0) is 16.5. The maximum Gasteiger partial charge on any atom is 0.425 e. The van der Waals surface area contributed by atoms with Crippen LogP contribution in [0.1, 0.15) is 16.7 Å². The summed E-state index contributed by atoms with van der Waals surface area (Å²) in [6.45, 7) is 1.65. The Labute approximate surface area is 134 Å². The quantitative estimate of drug-likeness (QED) is 0.852. The molecule has 22 heavy (non-hydrogen) atoms. The first-order chi connectivity index (χ1) is 10.2. The molecule has 0 spiro atoms. The van der Waals surface area contributed by atoms with Gasteiger partial charge in [0.05, 0.1) is 7.11 Å². The summed E-state index contributed by atoms with van der Waals surface area (Å²) in [6.07, 6.45) is -4.91. The minimum absolute atomic E-state index is 0.0228. The van der Waals surface area contributed by atoms with Gasteiger partial charge in [-0.05, 0) is 36.8 Å². The molecule has 2 aromatic rings. The Bertz CT molecular complexity index is 685. The van der Waals surface area contributed by atoms with Crippen molar-refractivity contribution in [1.82, 2.24) is 0 Å². The number of aliphatic hydroxyl groups is 1. The van der Waals surface area contributed by atoms with E-state index in [4.69, 9.17) is 4.74 Å². The molecule has 0 aromatic heterocycles. The number of alkyl halides is 3. The summed E-state index contributed by atoms with van der Waals surface area (Å²) in [5.41, 5.74) is -3.18. The van der Waals surface area contributed by atoms with Crippen LogP contribution in [0.5, 0.6) is 5.75 Å². The summed E-state index contributed by atoms with van der Waals surface area (Å²) in [5, 5.41) is 10.6. The molecular weight excluding hydrogens is 361 g/mol. The molecule has 0 aliphatic rings. The normalized spacial score (nSPS) is 14.5. The van der Waals surface area contributed by atoms with Gasteiger partial charge in [-0.15, -0.1) is 0 Å². The number of methoxy groups -OCH3 is 1. The van der Waals surface area contributed by atoms with Gasteiger partial charge in [-0.2, -0.15) is 13.2 Å². The number of rotatable bonds is 3. The molecule has 1 unspecified atom stereocenters. The molecule has 2 rings (SSSR count). The predicted molar refractivity (Wildman–Crippen MR) is 80.9 cm³/mol. The van der Waals surface area contributed by atoms with Gasteiger partial charge in [-0.25, -0.2) is 0 Å². The minimum atomic E-state index is -4.91. The van der Waals surface area contributed by atoms with Gasteiger partial charge in [0.25, 0.3) is 0 Å². The smallest absolute Gasteiger partial charge is 0.425 e. The average molecular weight is 375 g/mol. The zero-order valence-corrected chi connectivity index (χ0v) is 13.5. The van der Waals surface area contributed by atoms with E-state index < -0.39 is 11.8 Å². The van der Waals surface area contributed by atoms with Crippen molar-refractivity contribution in [3.63, 3.8) is 0 Å². The van der Waals surface area contributed by atoms with E-state index in [2.05, 4.69) is 15.9 Å². The van der Waals surface area contributed by atoms with Gasteiger partial charge >= 0.3 is 6.18 Å². The highest BCUT2D eigenvalue weighted by Crippen LogP contribution is 2.47. The fourth-order valence-electron chi connectivity index (χ4n) is 2.29. The van der Waals surface area contributed by atoms with Crippen LogP contribution in [-0.2, 0) is 5.60 Å². The van der Waals surface area contributed by atoms with Crippen molar-refractivity contribution in [3.8, 4) is 5.75 Å². The Morgan fingerprint density at radius 1 is 1.09 bits per heavy atom. The van der Waals surface area contributed by atoms with Gasteiger partial charge in [0.1, 0.15) is 5.75 Å². The van der Waals surface area contributed by atoms with E-state index in [1.165, 1.54) is 37.4 Å². The lowest BCUT2D eigenvalue weighted by Crippen LogP contribution is -2.43. The van der Waals surface area contributed by atoms with Crippen molar-refractivity contribution in [2.45, 2.75) is 18.7 Å². The van der Waals surface area contributed by atoms with E-state index >= 15 is 0 Å². The van der Waals surface area contributed by atoms with Crippen LogP contribution >= 0.6 is 15.9 Å². The lowest BCUT2D eigenvalue weighted by Gasteiger charge is -2.33. The summed E-state index contributed by atoms with van der Waals surface area (Å²) in [5.74, 6) is -0.0228. The van der Waals surface area contributed by atoms with Crippen LogP contribution in [-0.4, -0.2) is 18.4 Å². The molecule has 0 aliphatic carbocycles. The van der Waals surface area contributed by atoms with Gasteiger partial charge in [-0.1, -0.05) is 39.7 Å². The third-order valence-corrected chi connectivity index (χ3v) is 3.89. The number of halogens is 4. The molecule has 1 N–H and O–H groups in total. The Morgan fingerprint density at radius 3 is 2.32 bits per heavy atom. The highest BCUT2D eigenvalue weighted by atomic mass is 79.9. The number of ether oxygens (including phenoxy) is 1. The first-order valence-electron chi connectivity index (χ1n) is 6.40. The SMILES string of the molecule is COc1ccc(C)cc1C(O)(c1cccc(Br)c1)C(F)(F)F. The fraction of sp³-hybridized carbons (Fsp3) is 0.250. The molecule has 0 saturated carbocycles. The standard InChI is InChI=1S/C16H14BrF3O2/c1-10-6-7-14(22-2)13(8-10)15(21,16(18,19)20)11-4-3-5-12(17)9-11/h3-9,21H,1-2H3. The number of benzene rings is 2. The van der Waals surface area contributed by atoms with E-state index in [0.29, 0.717) is 10.0 Å². The van der Waals surface area contributed by atoms with E-state index in [1.807, 2.05) is 0 Å². The Kier molecular flexibility index (Phi) is 4.54. The average Bonchev–Trinajstić information content (AvgIpc) is 2.45. The Balaban J connectivity index is 2.79. The van der Waals surface area contributed by atoms with Crippen LogP contribution in [0, 0.1) is 6.92 Å². The molecule has 0 aliphatic heterocycles. The van der Waals surface area contributed by atoms with Crippen LogP contribution in [0.4, 0.5) is 13.2 Å². The van der Waals surface area contributed by atoms with Gasteiger partial charge in [-0.3, -0.25) is 0 Å². The van der Waals surface area contributed by atoms with Crippen molar-refractivity contribution in [2.75, 3.05) is 7.11 Å². The molecule has 1 atom stereocenters. The molecule has 0 fully saturated rings. The number of hydrogen-bond acceptors (Lipinski definition) is 2. The third-order valence-electron chi connectivity index (χ3n) is 3.40. The van der Waals surface area contributed by atoms with Crippen LogP contribution in [0.3, 0.4) is 0 Å². The molecule has 0 radical (unpaired) electrons. The summed E-state index contributed by atoms with van der Waals surface area (Å²) in [4.78, 5) is 0. The summed E-state index contributed by atoms with van der Waals surface area (Å²) >= 11 is 3.13. The highest BCUT2D eigenvalue weighted by molar-refractivity contribution is 9.10. The number of aryl methyl sites for hydroxylation is 1. The molecule has 0 saturated heterocycles. The summed E-state index contributed by atoms with van der Waals surface area (Å²) < 4.78 is 46.7. The maximum atomic E-state index is 13.7. The lowest BCUT2D eigenvalue weighted by atomic mass is 9.84. The molecule has 6 heteroatoms. The first kappa shape index (κ1) is 16.8. The van der Waals surface area contributed by atoms with Gasteiger partial charge < -0.3 is 9.84 Å². The van der Waals surface area contributed by atoms with E-state index in [1.54, 1.807) is 19.1 Å². The van der Waals surface area contributed by atoms with Crippen LogP contribution < -0.4 is 4.74 Å². The molecule has 2 aromatic carbocycles. The fourth-order valence-corrected chi connectivity index (χ4v) is 2.69. The van der Waals surface area contributed by atoms with Crippen molar-refractivity contribution >= 4 is 15.9 Å². The molecule has 118 valence electrons. The van der Waals surface area contributed by atoms with Gasteiger partial charge in [0.2, 0.25) is 5.60 Å². The van der Waals surface area contributed by atoms with Crippen molar-refractivity contribution in [3.05, 3.63) is 63.6 Å². The largest absolute Gasteiger partial charge is 0.496 e. The zero-order valence-electron chi connectivity index (χ0n) is 11.9. The Hall–Kier alpha value is -1.53. The summed E-state index contributed by atoms with van der Waals surface area (Å²) in [6, 6.07) is 9.84. The van der Waals surface area contributed by atoms with Crippen molar-refractivity contribution in [1.29, 1.82) is 0 Å². The second-order valence-electron chi connectivity index (χ2n) is 4.92. The van der Waals surface area contributed by atoms with Crippen molar-refractivity contribution < 1.29 is 23.0 Å². The highest BCUT2D eigenvalue weighted by Gasteiger charge is 2.57. The lowest BCUT2D eigenvalue weighted by molar-refractivity contribution is -0.248. The van der Waals surface area contributed by atoms with Gasteiger partial charge in [0, 0.05) is 10.0 Å². The number of hydrogen-bond donors (Lipinski definition) is 1. The van der Waals surface area contributed by atoms with Gasteiger partial charge in [0.15, 0.2) is 0 Å². The van der Waals surface area contributed by atoms with Crippen LogP contribution in [0.15, 0.2) is 46.9 Å². The van der Waals surface area contributed by atoms with Crippen LogP contribution in [0.2, 0.25) is 0 Å². The maximum absolute atomic E-state index is 13.7. The van der Waals surface area contributed by atoms with E-state index in [-0.39, 0.29) is 16.9 Å². The molecule has 0 heterocycles.